The summed E-state index contributed by atoms with van der Waals surface area (Å²) in [5, 5.41) is 1.30. The van der Waals surface area contributed by atoms with Crippen LogP contribution in [0.4, 0.5) is 0 Å². The van der Waals surface area contributed by atoms with Crippen LogP contribution in [0.2, 0.25) is 0 Å². The van der Waals surface area contributed by atoms with Crippen molar-refractivity contribution in [3.8, 4) is 0 Å². The summed E-state index contributed by atoms with van der Waals surface area (Å²) in [4.78, 5) is 16.8. The van der Waals surface area contributed by atoms with E-state index in [2.05, 4.69) is 51.1 Å². The number of hydrogen-bond acceptors (Lipinski definition) is 3. The van der Waals surface area contributed by atoms with Crippen LogP contribution >= 0.6 is 0 Å². The van der Waals surface area contributed by atoms with Gasteiger partial charge in [-0.05, 0) is 92.4 Å². The van der Waals surface area contributed by atoms with Gasteiger partial charge in [-0.25, -0.2) is 0 Å². The van der Waals surface area contributed by atoms with E-state index in [1.54, 1.807) is 5.57 Å². The van der Waals surface area contributed by atoms with Crippen molar-refractivity contribution in [2.24, 2.45) is 23.2 Å². The number of ether oxygens (including phenoxy) is 1. The second-order valence-electron chi connectivity index (χ2n) is 11.6. The van der Waals surface area contributed by atoms with Crippen LogP contribution < -0.4 is 0 Å². The third kappa shape index (κ3) is 2.85. The molecule has 1 heterocycles. The van der Waals surface area contributed by atoms with Crippen LogP contribution in [-0.4, -0.2) is 17.1 Å². The molecular formula is C29H35NO2. The summed E-state index contributed by atoms with van der Waals surface area (Å²) in [5.74, 6) is 2.01. The number of pyridine rings is 1. The quantitative estimate of drug-likeness (QED) is 0.386. The Bertz CT molecular complexity index is 1150. The predicted molar refractivity (Wildman–Crippen MR) is 127 cm³/mol. The fourth-order valence-electron chi connectivity index (χ4n) is 8.18. The molecule has 32 heavy (non-hydrogen) atoms. The van der Waals surface area contributed by atoms with Crippen molar-refractivity contribution in [2.45, 2.75) is 84.2 Å². The minimum atomic E-state index is -0.139. The number of carbonyl (C=O) groups is 1. The molecule has 0 spiro atoms. The number of carbonyl (C=O) groups excluding carboxylic acids is 1. The van der Waals surface area contributed by atoms with Crippen LogP contribution in [0.15, 0.2) is 35.9 Å². The van der Waals surface area contributed by atoms with Gasteiger partial charge < -0.3 is 4.74 Å². The Morgan fingerprint density at radius 1 is 1.06 bits per heavy atom. The van der Waals surface area contributed by atoms with E-state index in [0.717, 1.165) is 36.6 Å². The zero-order valence-corrected chi connectivity index (χ0v) is 19.9. The number of aryl methyl sites for hydroxylation is 1. The van der Waals surface area contributed by atoms with E-state index in [1.807, 2.05) is 0 Å². The van der Waals surface area contributed by atoms with Crippen molar-refractivity contribution < 1.29 is 9.53 Å². The first-order chi connectivity index (χ1) is 15.3. The molecule has 0 bridgehead atoms. The lowest BCUT2D eigenvalue weighted by molar-refractivity contribution is -0.148. The zero-order chi connectivity index (χ0) is 22.3. The number of aromatic nitrogens is 1. The summed E-state index contributed by atoms with van der Waals surface area (Å²) in [7, 11) is 0. The number of allylic oxidation sites excluding steroid dienone is 1. The number of nitrogens with zero attached hydrogens (tertiary/aromatic N) is 1. The number of fused-ring (bicyclic) bond motifs is 8. The molecule has 2 saturated carbocycles. The molecule has 2 aromatic rings. The summed E-state index contributed by atoms with van der Waals surface area (Å²) in [6.07, 6.45) is 10.6. The van der Waals surface area contributed by atoms with Gasteiger partial charge in [-0.3, -0.25) is 9.78 Å². The molecule has 0 aliphatic heterocycles. The molecule has 4 aliphatic carbocycles. The molecule has 3 heteroatoms. The number of benzene rings is 1. The molecule has 6 rings (SSSR count). The predicted octanol–water partition coefficient (Wildman–Crippen LogP) is 6.45. The van der Waals surface area contributed by atoms with Crippen LogP contribution in [0.3, 0.4) is 0 Å². The van der Waals surface area contributed by atoms with Crippen LogP contribution in [-0.2, 0) is 21.4 Å². The fourth-order valence-corrected chi connectivity index (χ4v) is 8.18. The summed E-state index contributed by atoms with van der Waals surface area (Å²) in [5.41, 5.74) is 7.38. The van der Waals surface area contributed by atoms with Crippen molar-refractivity contribution in [1.82, 2.24) is 4.98 Å². The van der Waals surface area contributed by atoms with E-state index in [0.29, 0.717) is 5.92 Å². The van der Waals surface area contributed by atoms with E-state index in [9.17, 15) is 4.79 Å². The highest BCUT2D eigenvalue weighted by Crippen LogP contribution is 2.64. The molecule has 4 aliphatic rings. The van der Waals surface area contributed by atoms with Gasteiger partial charge >= 0.3 is 5.97 Å². The zero-order valence-electron chi connectivity index (χ0n) is 19.9. The lowest BCUT2D eigenvalue weighted by Gasteiger charge is -2.57. The standard InChI is InChI=1S/C29H35NO2/c1-17-5-8-26-19(13-17)14-20-15-25-23-7-6-21-16-22(32-18(2)31)9-11-28(21,3)24(23)10-12-29(25,4)27(20)30-26/h5-6,8,13-14,22-25H,7,9-12,15-16H2,1-4H3/t22-,23+,24-,25-,28-,29-/m0/s1. The van der Waals surface area contributed by atoms with Crippen molar-refractivity contribution in [3.63, 3.8) is 0 Å². The average Bonchev–Trinajstić information content (AvgIpc) is 3.03. The maximum atomic E-state index is 11.5. The summed E-state index contributed by atoms with van der Waals surface area (Å²) in [6.45, 7) is 8.73. The highest BCUT2D eigenvalue weighted by atomic mass is 16.5. The number of esters is 1. The normalized spacial score (nSPS) is 37.7. The Kier molecular flexibility index (Phi) is 4.42. The van der Waals surface area contributed by atoms with Crippen molar-refractivity contribution in [2.75, 3.05) is 0 Å². The lowest BCUT2D eigenvalue weighted by atomic mass is 9.48. The van der Waals surface area contributed by atoms with E-state index < -0.39 is 0 Å². The van der Waals surface area contributed by atoms with Gasteiger partial charge in [-0.2, -0.15) is 0 Å². The highest BCUT2D eigenvalue weighted by Gasteiger charge is 2.58. The van der Waals surface area contributed by atoms with Crippen LogP contribution in [0.25, 0.3) is 10.9 Å². The van der Waals surface area contributed by atoms with Gasteiger partial charge in [0.1, 0.15) is 6.10 Å². The molecule has 2 fully saturated rings. The summed E-state index contributed by atoms with van der Waals surface area (Å²) < 4.78 is 5.61. The molecule has 0 radical (unpaired) electrons. The summed E-state index contributed by atoms with van der Waals surface area (Å²) >= 11 is 0. The molecule has 1 aromatic carbocycles. The van der Waals surface area contributed by atoms with Crippen molar-refractivity contribution in [1.29, 1.82) is 0 Å². The van der Waals surface area contributed by atoms with E-state index in [-0.39, 0.29) is 22.9 Å². The second-order valence-corrected chi connectivity index (χ2v) is 11.6. The molecule has 0 saturated heterocycles. The summed E-state index contributed by atoms with van der Waals surface area (Å²) in [6, 6.07) is 9.12. The Labute approximate surface area is 191 Å². The number of rotatable bonds is 1. The Balaban J connectivity index is 1.34. The fraction of sp³-hybridized carbons (Fsp3) is 0.586. The number of hydrogen-bond donors (Lipinski definition) is 0. The molecule has 6 atom stereocenters. The third-order valence-corrected chi connectivity index (χ3v) is 9.81. The lowest BCUT2D eigenvalue weighted by Crippen LogP contribution is -2.51. The molecular weight excluding hydrogens is 394 g/mol. The van der Waals surface area contributed by atoms with E-state index in [1.165, 1.54) is 54.8 Å². The first kappa shape index (κ1) is 20.4. The molecule has 1 aromatic heterocycles. The SMILES string of the molecule is CC(=O)O[C@H]1CC[C@@]2(C)C(=CC[C@@H]3[C@@H]2CC[C@]2(C)c4nc5ccc(C)cc5cc4C[C@@H]32)C1. The third-order valence-electron chi connectivity index (χ3n) is 9.81. The van der Waals surface area contributed by atoms with Gasteiger partial charge in [-0.1, -0.05) is 37.1 Å². The smallest absolute Gasteiger partial charge is 0.302 e. The van der Waals surface area contributed by atoms with Crippen molar-refractivity contribution in [3.05, 3.63) is 52.7 Å². The molecule has 0 unspecified atom stereocenters. The Morgan fingerprint density at radius 2 is 1.88 bits per heavy atom. The first-order valence-corrected chi connectivity index (χ1v) is 12.6. The highest BCUT2D eigenvalue weighted by molar-refractivity contribution is 5.81. The van der Waals surface area contributed by atoms with Crippen LogP contribution in [0, 0.1) is 30.1 Å². The second kappa shape index (κ2) is 6.92. The maximum Gasteiger partial charge on any atom is 0.302 e. The van der Waals surface area contributed by atoms with Gasteiger partial charge in [0.2, 0.25) is 0 Å². The molecule has 0 N–H and O–H groups in total. The van der Waals surface area contributed by atoms with Gasteiger partial charge in [0.25, 0.3) is 0 Å². The molecule has 168 valence electrons. The van der Waals surface area contributed by atoms with Gasteiger partial charge in [-0.15, -0.1) is 0 Å². The minimum Gasteiger partial charge on any atom is -0.462 e. The van der Waals surface area contributed by atoms with Gasteiger partial charge in [0.05, 0.1) is 11.2 Å². The van der Waals surface area contributed by atoms with E-state index >= 15 is 0 Å². The van der Waals surface area contributed by atoms with Gasteiger partial charge in [0.15, 0.2) is 0 Å². The largest absolute Gasteiger partial charge is 0.462 e. The topological polar surface area (TPSA) is 39.2 Å². The molecule has 3 nitrogen and oxygen atoms in total. The monoisotopic (exact) mass is 429 g/mol. The van der Waals surface area contributed by atoms with Crippen LogP contribution in [0.1, 0.15) is 76.1 Å². The van der Waals surface area contributed by atoms with Crippen molar-refractivity contribution >= 4 is 16.9 Å². The Morgan fingerprint density at radius 3 is 2.69 bits per heavy atom. The molecule has 0 amide bonds. The average molecular weight is 430 g/mol. The van der Waals surface area contributed by atoms with Crippen LogP contribution in [0.5, 0.6) is 0 Å². The Hall–Kier alpha value is -2.16. The van der Waals surface area contributed by atoms with E-state index in [4.69, 9.17) is 9.72 Å². The first-order valence-electron chi connectivity index (χ1n) is 12.6. The minimum absolute atomic E-state index is 0.0769. The van der Waals surface area contributed by atoms with Gasteiger partial charge in [0, 0.05) is 24.1 Å². The maximum absolute atomic E-state index is 11.5.